The molecular weight excluding hydrogens is 384 g/mol. The normalized spacial score (nSPS) is 14.4. The van der Waals surface area contributed by atoms with Gasteiger partial charge in [0.05, 0.1) is 0 Å². The van der Waals surface area contributed by atoms with Crippen LogP contribution in [0.2, 0.25) is 0 Å². The zero-order valence-electron chi connectivity index (χ0n) is 13.0. The molecule has 116 valence electrons. The molecule has 1 unspecified atom stereocenters. The SMILES string of the molecule is CCCCCCC(C)(CCCCC)c1nc(I)c(F)s1. The van der Waals surface area contributed by atoms with Crippen molar-refractivity contribution in [2.24, 2.45) is 0 Å². The van der Waals surface area contributed by atoms with Gasteiger partial charge in [-0.2, -0.15) is 4.39 Å². The maximum atomic E-state index is 13.6. The lowest BCUT2D eigenvalue weighted by Gasteiger charge is -2.27. The van der Waals surface area contributed by atoms with E-state index in [0.717, 1.165) is 17.8 Å². The van der Waals surface area contributed by atoms with Gasteiger partial charge in [0.1, 0.15) is 8.71 Å². The first kappa shape index (κ1) is 18.3. The predicted molar refractivity (Wildman–Crippen MR) is 95.0 cm³/mol. The highest BCUT2D eigenvalue weighted by atomic mass is 127. The van der Waals surface area contributed by atoms with Crippen LogP contribution in [0.4, 0.5) is 4.39 Å². The van der Waals surface area contributed by atoms with Gasteiger partial charge in [-0.3, -0.25) is 0 Å². The minimum Gasteiger partial charge on any atom is -0.231 e. The number of unbranched alkanes of at least 4 members (excludes halogenated alkanes) is 5. The van der Waals surface area contributed by atoms with Crippen LogP contribution in [-0.2, 0) is 5.41 Å². The number of nitrogens with zero attached hydrogens (tertiary/aromatic N) is 1. The number of hydrogen-bond acceptors (Lipinski definition) is 2. The van der Waals surface area contributed by atoms with Crippen molar-refractivity contribution in [2.45, 2.75) is 84.0 Å². The average molecular weight is 411 g/mol. The summed E-state index contributed by atoms with van der Waals surface area (Å²) in [5.41, 5.74) is 0.0673. The molecule has 4 heteroatoms. The van der Waals surface area contributed by atoms with E-state index in [1.54, 1.807) is 0 Å². The van der Waals surface area contributed by atoms with Crippen molar-refractivity contribution in [3.63, 3.8) is 0 Å². The van der Waals surface area contributed by atoms with Gasteiger partial charge < -0.3 is 0 Å². The number of rotatable bonds is 10. The van der Waals surface area contributed by atoms with Gasteiger partial charge in [-0.1, -0.05) is 77.1 Å². The van der Waals surface area contributed by atoms with Gasteiger partial charge >= 0.3 is 0 Å². The molecule has 0 aliphatic rings. The summed E-state index contributed by atoms with van der Waals surface area (Å²) >= 11 is 3.26. The summed E-state index contributed by atoms with van der Waals surface area (Å²) < 4.78 is 14.2. The summed E-state index contributed by atoms with van der Waals surface area (Å²) in [5.74, 6) is 0. The molecule has 1 aromatic heterocycles. The van der Waals surface area contributed by atoms with E-state index in [4.69, 9.17) is 0 Å². The number of thiazole rings is 1. The Bertz CT molecular complexity index is 374. The molecule has 1 aromatic rings. The summed E-state index contributed by atoms with van der Waals surface area (Å²) in [5, 5.41) is 0.892. The fourth-order valence-electron chi connectivity index (χ4n) is 2.59. The molecule has 0 aliphatic carbocycles. The Labute approximate surface area is 140 Å². The van der Waals surface area contributed by atoms with E-state index in [9.17, 15) is 4.39 Å². The van der Waals surface area contributed by atoms with Gasteiger partial charge in [0.25, 0.3) is 0 Å². The van der Waals surface area contributed by atoms with Crippen LogP contribution in [0, 0.1) is 8.83 Å². The highest BCUT2D eigenvalue weighted by Gasteiger charge is 2.30. The lowest BCUT2D eigenvalue weighted by molar-refractivity contribution is 0.364. The zero-order chi connectivity index (χ0) is 15.0. The van der Waals surface area contributed by atoms with Crippen LogP contribution < -0.4 is 0 Å². The Morgan fingerprint density at radius 3 is 2.10 bits per heavy atom. The molecule has 1 rings (SSSR count). The quantitative estimate of drug-likeness (QED) is 0.309. The molecule has 0 radical (unpaired) electrons. The summed E-state index contributed by atoms with van der Waals surface area (Å²) in [6.07, 6.45) is 11.1. The molecule has 0 aromatic carbocycles. The zero-order valence-corrected chi connectivity index (χ0v) is 15.9. The Morgan fingerprint density at radius 1 is 1.05 bits per heavy atom. The summed E-state index contributed by atoms with van der Waals surface area (Å²) in [6, 6.07) is 0. The molecule has 0 aliphatic heterocycles. The monoisotopic (exact) mass is 411 g/mol. The van der Waals surface area contributed by atoms with Crippen molar-refractivity contribution in [3.05, 3.63) is 13.8 Å². The van der Waals surface area contributed by atoms with Gasteiger partial charge in [0.15, 0.2) is 0 Å². The first-order valence-corrected chi connectivity index (χ1v) is 9.75. The van der Waals surface area contributed by atoms with Crippen LogP contribution >= 0.6 is 33.9 Å². The van der Waals surface area contributed by atoms with Gasteiger partial charge in [-0.05, 0) is 35.4 Å². The first-order chi connectivity index (χ1) is 9.53. The predicted octanol–water partition coefficient (Wildman–Crippen LogP) is 6.70. The van der Waals surface area contributed by atoms with E-state index in [0.29, 0.717) is 3.70 Å². The number of aromatic nitrogens is 1. The number of halogens is 2. The van der Waals surface area contributed by atoms with Crippen LogP contribution in [-0.4, -0.2) is 4.98 Å². The van der Waals surface area contributed by atoms with Crippen molar-refractivity contribution in [2.75, 3.05) is 0 Å². The van der Waals surface area contributed by atoms with Crippen molar-refractivity contribution in [1.29, 1.82) is 0 Å². The van der Waals surface area contributed by atoms with Gasteiger partial charge in [0, 0.05) is 5.41 Å². The average Bonchev–Trinajstić information content (AvgIpc) is 2.76. The van der Waals surface area contributed by atoms with Crippen molar-refractivity contribution in [1.82, 2.24) is 4.98 Å². The lowest BCUT2D eigenvalue weighted by atomic mass is 9.80. The van der Waals surface area contributed by atoms with Crippen LogP contribution in [0.15, 0.2) is 0 Å². The third-order valence-corrected chi connectivity index (χ3v) is 6.21. The minimum atomic E-state index is -0.115. The smallest absolute Gasteiger partial charge is 0.210 e. The van der Waals surface area contributed by atoms with E-state index in [-0.39, 0.29) is 10.5 Å². The van der Waals surface area contributed by atoms with Gasteiger partial charge in [-0.25, -0.2) is 4.98 Å². The van der Waals surface area contributed by atoms with E-state index < -0.39 is 0 Å². The molecule has 0 fully saturated rings. The van der Waals surface area contributed by atoms with E-state index >= 15 is 0 Å². The molecule has 0 saturated carbocycles. The Kier molecular flexibility index (Phi) is 8.56. The molecule has 1 nitrogen and oxygen atoms in total. The Balaban J connectivity index is 2.71. The summed E-state index contributed by atoms with van der Waals surface area (Å²) in [4.78, 5) is 4.49. The maximum absolute atomic E-state index is 13.6. The molecular formula is C16H27FINS. The number of hydrogen-bond donors (Lipinski definition) is 0. The summed E-state index contributed by atoms with van der Waals surface area (Å²) in [7, 11) is 0. The van der Waals surface area contributed by atoms with E-state index in [1.807, 2.05) is 22.6 Å². The van der Waals surface area contributed by atoms with Gasteiger partial charge in [-0.15, -0.1) is 0 Å². The fourth-order valence-corrected chi connectivity index (χ4v) is 4.21. The fraction of sp³-hybridized carbons (Fsp3) is 0.812. The second-order valence-corrected chi connectivity index (χ2v) is 7.88. The topological polar surface area (TPSA) is 12.9 Å². The summed E-state index contributed by atoms with van der Waals surface area (Å²) in [6.45, 7) is 6.74. The largest absolute Gasteiger partial charge is 0.231 e. The molecule has 0 N–H and O–H groups in total. The van der Waals surface area contributed by atoms with Crippen molar-refractivity contribution in [3.8, 4) is 0 Å². The Hall–Kier alpha value is 0.290. The standard InChI is InChI=1S/C16H27FINS/c1-4-6-8-10-12-16(3,11-9-7-5-2)15-19-14(18)13(17)20-15/h4-12H2,1-3H3. The molecule has 0 spiro atoms. The lowest BCUT2D eigenvalue weighted by Crippen LogP contribution is -2.22. The molecule has 0 saturated heterocycles. The maximum Gasteiger partial charge on any atom is 0.210 e. The molecule has 20 heavy (non-hydrogen) atoms. The minimum absolute atomic E-state index is 0.0673. The highest BCUT2D eigenvalue weighted by Crippen LogP contribution is 2.38. The molecule has 1 atom stereocenters. The van der Waals surface area contributed by atoms with E-state index in [2.05, 4.69) is 25.8 Å². The van der Waals surface area contributed by atoms with Crippen molar-refractivity contribution < 1.29 is 4.39 Å². The second kappa shape index (κ2) is 9.34. The van der Waals surface area contributed by atoms with Crippen LogP contribution in [0.5, 0.6) is 0 Å². The van der Waals surface area contributed by atoms with Crippen LogP contribution in [0.3, 0.4) is 0 Å². The third-order valence-electron chi connectivity index (χ3n) is 3.98. The van der Waals surface area contributed by atoms with Crippen molar-refractivity contribution >= 4 is 33.9 Å². The second-order valence-electron chi connectivity index (χ2n) is 5.91. The van der Waals surface area contributed by atoms with Crippen LogP contribution in [0.1, 0.15) is 83.6 Å². The Morgan fingerprint density at radius 2 is 1.60 bits per heavy atom. The first-order valence-electron chi connectivity index (χ1n) is 7.85. The molecule has 0 bridgehead atoms. The molecule has 1 heterocycles. The third kappa shape index (κ3) is 5.58. The van der Waals surface area contributed by atoms with Gasteiger partial charge in [0.2, 0.25) is 5.13 Å². The molecule has 0 amide bonds. The van der Waals surface area contributed by atoms with E-state index in [1.165, 1.54) is 56.3 Å². The van der Waals surface area contributed by atoms with Crippen LogP contribution in [0.25, 0.3) is 0 Å². The highest BCUT2D eigenvalue weighted by molar-refractivity contribution is 14.1.